The van der Waals surface area contributed by atoms with Gasteiger partial charge in [0.25, 0.3) is 0 Å². The highest BCUT2D eigenvalue weighted by molar-refractivity contribution is 6.31. The van der Waals surface area contributed by atoms with E-state index in [2.05, 4.69) is 10.6 Å². The number of methoxy groups -OCH3 is 2. The van der Waals surface area contributed by atoms with Crippen molar-refractivity contribution in [2.45, 2.75) is 19.8 Å². The van der Waals surface area contributed by atoms with Gasteiger partial charge in [0.1, 0.15) is 16.9 Å². The summed E-state index contributed by atoms with van der Waals surface area (Å²) in [6.07, 6.45) is 0.965. The molecule has 3 rings (SSSR count). The minimum atomic E-state index is -1.09. The van der Waals surface area contributed by atoms with Crippen LogP contribution >= 0.6 is 11.6 Å². The van der Waals surface area contributed by atoms with Gasteiger partial charge in [-0.2, -0.15) is 0 Å². The van der Waals surface area contributed by atoms with E-state index in [1.807, 2.05) is 13.0 Å². The van der Waals surface area contributed by atoms with Crippen molar-refractivity contribution in [3.63, 3.8) is 0 Å². The summed E-state index contributed by atoms with van der Waals surface area (Å²) >= 11 is 6.01. The molecule has 0 heterocycles. The third-order valence-electron chi connectivity index (χ3n) is 4.72. The molecule has 6 nitrogen and oxygen atoms in total. The van der Waals surface area contributed by atoms with Gasteiger partial charge in [-0.25, -0.2) is 0 Å². The Morgan fingerprint density at radius 1 is 0.963 bits per heavy atom. The maximum Gasteiger partial charge on any atom is 0.240 e. The van der Waals surface area contributed by atoms with E-state index in [4.69, 9.17) is 21.1 Å². The Morgan fingerprint density at radius 3 is 2.22 bits per heavy atom. The van der Waals surface area contributed by atoms with Gasteiger partial charge >= 0.3 is 0 Å². The number of hydrogen-bond donors (Lipinski definition) is 2. The number of anilines is 2. The van der Waals surface area contributed by atoms with Gasteiger partial charge < -0.3 is 20.1 Å². The Balaban J connectivity index is 1.78. The normalized spacial score (nSPS) is 14.2. The van der Waals surface area contributed by atoms with E-state index < -0.39 is 5.41 Å². The monoisotopic (exact) mass is 388 g/mol. The number of nitrogens with one attached hydrogen (secondary N) is 2. The first-order valence-electron chi connectivity index (χ1n) is 8.51. The van der Waals surface area contributed by atoms with Gasteiger partial charge in [0.15, 0.2) is 0 Å². The molecule has 1 aliphatic carbocycles. The fraction of sp³-hybridized carbons (Fsp3) is 0.300. The Kier molecular flexibility index (Phi) is 5.28. The molecule has 0 saturated heterocycles. The second-order valence-corrected chi connectivity index (χ2v) is 6.95. The number of aryl methyl sites for hydroxylation is 1. The van der Waals surface area contributed by atoms with Crippen LogP contribution in [-0.4, -0.2) is 26.0 Å². The minimum Gasteiger partial charge on any atom is -0.497 e. The number of halogens is 1. The van der Waals surface area contributed by atoms with E-state index in [1.54, 1.807) is 30.3 Å². The van der Waals surface area contributed by atoms with E-state index in [9.17, 15) is 9.59 Å². The zero-order chi connectivity index (χ0) is 19.6. The molecule has 0 bridgehead atoms. The first-order valence-corrected chi connectivity index (χ1v) is 8.88. The fourth-order valence-corrected chi connectivity index (χ4v) is 2.98. The van der Waals surface area contributed by atoms with Crippen LogP contribution < -0.4 is 20.1 Å². The van der Waals surface area contributed by atoms with Gasteiger partial charge in [0, 0.05) is 16.8 Å². The zero-order valence-electron chi connectivity index (χ0n) is 15.4. The quantitative estimate of drug-likeness (QED) is 0.732. The van der Waals surface area contributed by atoms with Crippen LogP contribution in [0.1, 0.15) is 18.4 Å². The predicted molar refractivity (Wildman–Crippen MR) is 105 cm³/mol. The summed E-state index contributed by atoms with van der Waals surface area (Å²) in [4.78, 5) is 25.7. The maximum absolute atomic E-state index is 12.9. The summed E-state index contributed by atoms with van der Waals surface area (Å²) in [5.74, 6) is 0.361. The van der Waals surface area contributed by atoms with Gasteiger partial charge in [-0.15, -0.1) is 0 Å². The molecule has 1 saturated carbocycles. The van der Waals surface area contributed by atoms with Crippen LogP contribution in [0.2, 0.25) is 5.02 Å². The molecule has 0 spiro atoms. The molecule has 0 atom stereocenters. The lowest BCUT2D eigenvalue weighted by Crippen LogP contribution is -2.35. The molecule has 0 unspecified atom stereocenters. The Labute approximate surface area is 162 Å². The maximum atomic E-state index is 12.9. The lowest BCUT2D eigenvalue weighted by atomic mass is 10.0. The molecule has 2 aromatic carbocycles. The summed E-state index contributed by atoms with van der Waals surface area (Å²) in [5.41, 5.74) is 0.840. The first-order chi connectivity index (χ1) is 12.9. The van der Waals surface area contributed by atoms with Gasteiger partial charge in [-0.05, 0) is 49.6 Å². The molecule has 1 aliphatic rings. The first kappa shape index (κ1) is 19.0. The van der Waals surface area contributed by atoms with Gasteiger partial charge in [-0.3, -0.25) is 9.59 Å². The van der Waals surface area contributed by atoms with Crippen LogP contribution in [0.25, 0.3) is 0 Å². The van der Waals surface area contributed by atoms with Crippen molar-refractivity contribution in [1.29, 1.82) is 0 Å². The van der Waals surface area contributed by atoms with Crippen molar-refractivity contribution in [3.8, 4) is 11.5 Å². The second-order valence-electron chi connectivity index (χ2n) is 6.52. The number of ether oxygens (including phenoxy) is 2. The largest absolute Gasteiger partial charge is 0.497 e. The summed E-state index contributed by atoms with van der Waals surface area (Å²) in [6, 6.07) is 10.3. The van der Waals surface area contributed by atoms with Crippen LogP contribution in [0.4, 0.5) is 11.4 Å². The number of carbonyl (C=O) groups is 2. The van der Waals surface area contributed by atoms with Crippen molar-refractivity contribution in [2.75, 3.05) is 24.9 Å². The van der Waals surface area contributed by atoms with Crippen LogP contribution in [0.15, 0.2) is 36.4 Å². The standard InChI is InChI=1S/C20H21ClN2O4/c1-12-4-5-13(21)10-15(12)22-18(24)20(8-9-20)19(25)23-16-11-14(26-2)6-7-17(16)27-3/h4-7,10-11H,8-9H2,1-3H3,(H,22,24)(H,23,25). The number of amides is 2. The zero-order valence-corrected chi connectivity index (χ0v) is 16.1. The molecular formula is C20H21ClN2O4. The van der Waals surface area contributed by atoms with Crippen molar-refractivity contribution in [3.05, 3.63) is 47.0 Å². The summed E-state index contributed by atoms with van der Waals surface area (Å²) < 4.78 is 10.5. The van der Waals surface area contributed by atoms with Crippen LogP contribution in [0.3, 0.4) is 0 Å². The van der Waals surface area contributed by atoms with Gasteiger partial charge in [0.2, 0.25) is 11.8 Å². The molecule has 2 amide bonds. The minimum absolute atomic E-state index is 0.341. The molecule has 27 heavy (non-hydrogen) atoms. The lowest BCUT2D eigenvalue weighted by Gasteiger charge is -2.18. The van der Waals surface area contributed by atoms with Gasteiger partial charge in [0.05, 0.1) is 19.9 Å². The second kappa shape index (κ2) is 7.48. The number of benzene rings is 2. The summed E-state index contributed by atoms with van der Waals surface area (Å²) in [6.45, 7) is 1.87. The molecule has 2 N–H and O–H groups in total. The topological polar surface area (TPSA) is 76.7 Å². The lowest BCUT2D eigenvalue weighted by molar-refractivity contribution is -0.131. The molecular weight excluding hydrogens is 368 g/mol. The Morgan fingerprint density at radius 2 is 1.63 bits per heavy atom. The molecule has 2 aromatic rings. The van der Waals surface area contributed by atoms with Crippen molar-refractivity contribution >= 4 is 34.8 Å². The highest BCUT2D eigenvalue weighted by atomic mass is 35.5. The van der Waals surface area contributed by atoms with Crippen molar-refractivity contribution in [1.82, 2.24) is 0 Å². The third-order valence-corrected chi connectivity index (χ3v) is 4.96. The Hall–Kier alpha value is -2.73. The average Bonchev–Trinajstić information content (AvgIpc) is 3.46. The van der Waals surface area contributed by atoms with E-state index >= 15 is 0 Å². The number of rotatable bonds is 6. The summed E-state index contributed by atoms with van der Waals surface area (Å²) in [5, 5.41) is 6.15. The van der Waals surface area contributed by atoms with E-state index in [0.717, 1.165) is 5.56 Å². The Bertz CT molecular complexity index is 894. The number of hydrogen-bond acceptors (Lipinski definition) is 4. The SMILES string of the molecule is COc1ccc(OC)c(NC(=O)C2(C(=O)Nc3cc(Cl)ccc3C)CC2)c1. The fourth-order valence-electron chi connectivity index (χ4n) is 2.81. The molecule has 0 aliphatic heterocycles. The van der Waals surface area contributed by atoms with Gasteiger partial charge in [-0.1, -0.05) is 17.7 Å². The third kappa shape index (κ3) is 3.85. The van der Waals surface area contributed by atoms with Crippen molar-refractivity contribution < 1.29 is 19.1 Å². The van der Waals surface area contributed by atoms with Crippen LogP contribution in [0, 0.1) is 12.3 Å². The molecule has 1 fully saturated rings. The molecule has 142 valence electrons. The highest BCUT2D eigenvalue weighted by Gasteiger charge is 2.56. The summed E-state index contributed by atoms with van der Waals surface area (Å²) in [7, 11) is 3.05. The van der Waals surface area contributed by atoms with Crippen molar-refractivity contribution in [2.24, 2.45) is 5.41 Å². The van der Waals surface area contributed by atoms with E-state index in [-0.39, 0.29) is 11.8 Å². The van der Waals surface area contributed by atoms with E-state index in [1.165, 1.54) is 14.2 Å². The number of carbonyl (C=O) groups excluding carboxylic acids is 2. The van der Waals surface area contributed by atoms with E-state index in [0.29, 0.717) is 40.7 Å². The predicted octanol–water partition coefficient (Wildman–Crippen LogP) is 4.02. The molecule has 0 aromatic heterocycles. The molecule has 0 radical (unpaired) electrons. The van der Waals surface area contributed by atoms with Crippen LogP contribution in [0.5, 0.6) is 11.5 Å². The highest BCUT2D eigenvalue weighted by Crippen LogP contribution is 2.48. The average molecular weight is 389 g/mol. The molecule has 7 heteroatoms. The van der Waals surface area contributed by atoms with Crippen LogP contribution in [-0.2, 0) is 9.59 Å². The smallest absolute Gasteiger partial charge is 0.240 e.